The number of likely N-dealkylation sites (N-methyl/N-ethyl adjacent to an activating group) is 1. The van der Waals surface area contributed by atoms with Crippen LogP contribution >= 0.6 is 0 Å². The predicted octanol–water partition coefficient (Wildman–Crippen LogP) is -0.574. The van der Waals surface area contributed by atoms with Gasteiger partial charge in [-0.15, -0.1) is 0 Å². The maximum Gasteiger partial charge on any atom is 0.320 e. The van der Waals surface area contributed by atoms with Gasteiger partial charge >= 0.3 is 5.97 Å². The Hall–Kier alpha value is -0.650. The molecule has 0 spiro atoms. The van der Waals surface area contributed by atoms with Gasteiger partial charge < -0.3 is 20.6 Å². The summed E-state index contributed by atoms with van der Waals surface area (Å²) < 4.78 is 0. The molecule has 0 radical (unpaired) electrons. The molecular weight excluding hydrogens is 194 g/mol. The van der Waals surface area contributed by atoms with E-state index < -0.39 is 12.0 Å². The molecule has 88 valence electrons. The number of rotatable bonds is 5. The highest BCUT2D eigenvalue weighted by molar-refractivity contribution is 5.72. The van der Waals surface area contributed by atoms with E-state index in [4.69, 9.17) is 10.8 Å². The van der Waals surface area contributed by atoms with Crippen LogP contribution in [0.2, 0.25) is 0 Å². The smallest absolute Gasteiger partial charge is 0.320 e. The fourth-order valence-electron chi connectivity index (χ4n) is 1.73. The van der Waals surface area contributed by atoms with Gasteiger partial charge in [-0.25, -0.2) is 0 Å². The largest absolute Gasteiger partial charge is 0.480 e. The van der Waals surface area contributed by atoms with E-state index in [9.17, 15) is 4.79 Å². The Morgan fingerprint density at radius 3 is 2.53 bits per heavy atom. The first-order valence-corrected chi connectivity index (χ1v) is 5.49. The van der Waals surface area contributed by atoms with Gasteiger partial charge in [-0.2, -0.15) is 0 Å². The van der Waals surface area contributed by atoms with Crippen LogP contribution in [0.3, 0.4) is 0 Å². The summed E-state index contributed by atoms with van der Waals surface area (Å²) in [6, 6.07) is -0.697. The van der Waals surface area contributed by atoms with Crippen LogP contribution in [0.1, 0.15) is 12.8 Å². The van der Waals surface area contributed by atoms with Crippen molar-refractivity contribution in [1.29, 1.82) is 0 Å². The minimum absolute atomic E-state index is 0.571. The second-order valence-corrected chi connectivity index (χ2v) is 4.23. The molecule has 0 aromatic rings. The molecule has 1 fully saturated rings. The number of carboxylic acids is 1. The standard InChI is InChI=1S/C10H21N3O2/c1-12-5-7-13(8-6-12)4-2-3-9(11)10(14)15/h9H,2-8,11H2,1H3,(H,14,15)/t9-/m0/s1. The monoisotopic (exact) mass is 215 g/mol. The van der Waals surface area contributed by atoms with Crippen LogP contribution < -0.4 is 5.73 Å². The van der Waals surface area contributed by atoms with Gasteiger partial charge in [0.05, 0.1) is 0 Å². The highest BCUT2D eigenvalue weighted by Gasteiger charge is 2.15. The molecule has 1 saturated heterocycles. The van der Waals surface area contributed by atoms with Gasteiger partial charge in [0.2, 0.25) is 0 Å². The lowest BCUT2D eigenvalue weighted by atomic mass is 10.1. The Balaban J connectivity index is 2.07. The third-order valence-electron chi connectivity index (χ3n) is 2.90. The van der Waals surface area contributed by atoms with Gasteiger partial charge in [0.1, 0.15) is 6.04 Å². The Morgan fingerprint density at radius 2 is 2.00 bits per heavy atom. The average Bonchev–Trinajstić information content (AvgIpc) is 2.20. The number of piperazine rings is 1. The summed E-state index contributed by atoms with van der Waals surface area (Å²) in [6.45, 7) is 5.34. The zero-order valence-corrected chi connectivity index (χ0v) is 9.35. The predicted molar refractivity (Wildman–Crippen MR) is 58.8 cm³/mol. The van der Waals surface area contributed by atoms with Crippen molar-refractivity contribution in [2.45, 2.75) is 18.9 Å². The molecule has 1 aliphatic heterocycles. The van der Waals surface area contributed by atoms with E-state index in [-0.39, 0.29) is 0 Å². The lowest BCUT2D eigenvalue weighted by Gasteiger charge is -2.32. The van der Waals surface area contributed by atoms with Crippen molar-refractivity contribution < 1.29 is 9.90 Å². The minimum atomic E-state index is -0.895. The van der Waals surface area contributed by atoms with Crippen molar-refractivity contribution in [1.82, 2.24) is 9.80 Å². The molecule has 0 amide bonds. The van der Waals surface area contributed by atoms with E-state index in [1.54, 1.807) is 0 Å². The number of carbonyl (C=O) groups is 1. The summed E-state index contributed by atoms with van der Waals surface area (Å²) in [4.78, 5) is 15.2. The minimum Gasteiger partial charge on any atom is -0.480 e. The lowest BCUT2D eigenvalue weighted by molar-refractivity contribution is -0.138. The van der Waals surface area contributed by atoms with Gasteiger partial charge in [-0.1, -0.05) is 0 Å². The summed E-state index contributed by atoms with van der Waals surface area (Å²) in [5, 5.41) is 8.61. The second-order valence-electron chi connectivity index (χ2n) is 4.23. The Bertz CT molecular complexity index is 203. The zero-order valence-electron chi connectivity index (χ0n) is 9.35. The highest BCUT2D eigenvalue weighted by atomic mass is 16.4. The first-order chi connectivity index (χ1) is 7.09. The molecule has 0 aliphatic carbocycles. The number of aliphatic carboxylic acids is 1. The molecule has 5 heteroatoms. The van der Waals surface area contributed by atoms with Crippen LogP contribution in [-0.2, 0) is 4.79 Å². The molecule has 0 saturated carbocycles. The van der Waals surface area contributed by atoms with E-state index in [2.05, 4.69) is 16.8 Å². The third kappa shape index (κ3) is 4.59. The molecule has 1 atom stereocenters. The molecule has 1 heterocycles. The van der Waals surface area contributed by atoms with Crippen molar-refractivity contribution in [3.8, 4) is 0 Å². The third-order valence-corrected chi connectivity index (χ3v) is 2.90. The van der Waals surface area contributed by atoms with Crippen LogP contribution in [0.5, 0.6) is 0 Å². The topological polar surface area (TPSA) is 69.8 Å². The van der Waals surface area contributed by atoms with Crippen molar-refractivity contribution >= 4 is 5.97 Å². The van der Waals surface area contributed by atoms with Crippen LogP contribution in [-0.4, -0.2) is 66.7 Å². The molecule has 5 nitrogen and oxygen atoms in total. The maximum absolute atomic E-state index is 10.5. The van der Waals surface area contributed by atoms with E-state index in [1.807, 2.05) is 0 Å². The van der Waals surface area contributed by atoms with Crippen molar-refractivity contribution in [2.75, 3.05) is 39.8 Å². The highest BCUT2D eigenvalue weighted by Crippen LogP contribution is 2.02. The summed E-state index contributed by atoms with van der Waals surface area (Å²) in [5.74, 6) is -0.895. The zero-order chi connectivity index (χ0) is 11.3. The number of nitrogens with two attached hydrogens (primary N) is 1. The van der Waals surface area contributed by atoms with Crippen LogP contribution in [0.25, 0.3) is 0 Å². The van der Waals surface area contributed by atoms with E-state index in [0.29, 0.717) is 6.42 Å². The molecule has 1 aliphatic rings. The molecule has 1 rings (SSSR count). The fourth-order valence-corrected chi connectivity index (χ4v) is 1.73. The quantitative estimate of drug-likeness (QED) is 0.642. The van der Waals surface area contributed by atoms with E-state index in [0.717, 1.165) is 39.1 Å². The van der Waals surface area contributed by atoms with Crippen LogP contribution in [0.15, 0.2) is 0 Å². The molecule has 0 unspecified atom stereocenters. The first-order valence-electron chi connectivity index (χ1n) is 5.49. The van der Waals surface area contributed by atoms with Gasteiger partial charge in [0, 0.05) is 26.2 Å². The van der Waals surface area contributed by atoms with Crippen molar-refractivity contribution in [3.63, 3.8) is 0 Å². The Morgan fingerprint density at radius 1 is 1.40 bits per heavy atom. The Kier molecular flexibility index (Phi) is 5.01. The molecule has 3 N–H and O–H groups in total. The number of hydrogen-bond donors (Lipinski definition) is 2. The van der Waals surface area contributed by atoms with Gasteiger partial charge in [-0.05, 0) is 26.4 Å². The van der Waals surface area contributed by atoms with Crippen LogP contribution in [0.4, 0.5) is 0 Å². The van der Waals surface area contributed by atoms with Crippen molar-refractivity contribution in [3.05, 3.63) is 0 Å². The first kappa shape index (κ1) is 12.4. The molecular formula is C10H21N3O2. The number of carboxylic acid groups (broad SMARTS) is 1. The summed E-state index contributed by atoms with van der Waals surface area (Å²) in [7, 11) is 2.12. The van der Waals surface area contributed by atoms with E-state index >= 15 is 0 Å². The SMILES string of the molecule is CN1CCN(CCC[C@H](N)C(=O)O)CC1. The normalized spacial score (nSPS) is 21.5. The fraction of sp³-hybridized carbons (Fsp3) is 0.900. The number of hydrogen-bond acceptors (Lipinski definition) is 4. The summed E-state index contributed by atoms with van der Waals surface area (Å²) in [6.07, 6.45) is 1.44. The molecule has 0 aromatic heterocycles. The second kappa shape index (κ2) is 6.05. The molecule has 0 bridgehead atoms. The summed E-state index contributed by atoms with van der Waals surface area (Å²) >= 11 is 0. The van der Waals surface area contributed by atoms with Crippen molar-refractivity contribution in [2.24, 2.45) is 5.73 Å². The Labute approximate surface area is 90.8 Å². The van der Waals surface area contributed by atoms with Gasteiger partial charge in [-0.3, -0.25) is 4.79 Å². The maximum atomic E-state index is 10.5. The number of nitrogens with zero attached hydrogens (tertiary/aromatic N) is 2. The van der Waals surface area contributed by atoms with Crippen LogP contribution in [0, 0.1) is 0 Å². The lowest BCUT2D eigenvalue weighted by Crippen LogP contribution is -2.45. The van der Waals surface area contributed by atoms with Gasteiger partial charge in [0.15, 0.2) is 0 Å². The molecule has 15 heavy (non-hydrogen) atoms. The average molecular weight is 215 g/mol. The molecule has 0 aromatic carbocycles. The van der Waals surface area contributed by atoms with E-state index in [1.165, 1.54) is 0 Å². The van der Waals surface area contributed by atoms with Gasteiger partial charge in [0.25, 0.3) is 0 Å². The summed E-state index contributed by atoms with van der Waals surface area (Å²) in [5.41, 5.74) is 5.43.